The average molecular weight is 603 g/mol. The lowest BCUT2D eigenvalue weighted by Crippen LogP contribution is -2.23. The second kappa shape index (κ2) is 13.3. The number of benzene rings is 5. The van der Waals surface area contributed by atoms with Crippen LogP contribution in [-0.4, -0.2) is 37.7 Å². The fraction of sp³-hybridized carbons (Fsp3) is 0.263. The average Bonchev–Trinajstić information content (AvgIpc) is 3.09. The smallest absolute Gasteiger partial charge is 0.269 e. The Labute approximate surface area is 263 Å². The molecule has 0 aromatic heterocycles. The maximum atomic E-state index is 10.7. The van der Waals surface area contributed by atoms with Crippen LogP contribution in [0.4, 0.5) is 5.69 Å². The van der Waals surface area contributed by atoms with Gasteiger partial charge >= 0.3 is 0 Å². The van der Waals surface area contributed by atoms with E-state index in [9.17, 15) is 10.1 Å². The van der Waals surface area contributed by atoms with Crippen molar-refractivity contribution in [3.05, 3.63) is 123 Å². The Morgan fingerprint density at radius 3 is 2.29 bits per heavy atom. The van der Waals surface area contributed by atoms with Crippen molar-refractivity contribution in [2.24, 2.45) is 0 Å². The van der Waals surface area contributed by atoms with Crippen LogP contribution in [0.25, 0.3) is 27.6 Å². The van der Waals surface area contributed by atoms with Gasteiger partial charge < -0.3 is 19.1 Å². The van der Waals surface area contributed by atoms with Gasteiger partial charge in [-0.05, 0) is 94.2 Å². The fourth-order valence-electron chi connectivity index (χ4n) is 6.54. The maximum Gasteiger partial charge on any atom is 0.269 e. The normalized spacial score (nSPS) is 13.4. The molecule has 0 saturated heterocycles. The summed E-state index contributed by atoms with van der Waals surface area (Å²) in [6.45, 7) is 1.47. The molecule has 45 heavy (non-hydrogen) atoms. The zero-order chi connectivity index (χ0) is 31.3. The first-order valence-corrected chi connectivity index (χ1v) is 15.4. The summed E-state index contributed by atoms with van der Waals surface area (Å²) in [6.07, 6.45) is 10.1. The lowest BCUT2D eigenvalue weighted by molar-refractivity contribution is -0.384. The molecule has 7 heteroatoms. The van der Waals surface area contributed by atoms with Gasteiger partial charge in [-0.2, -0.15) is 0 Å². The van der Waals surface area contributed by atoms with Gasteiger partial charge in [0.05, 0.1) is 26.3 Å². The highest BCUT2D eigenvalue weighted by Crippen LogP contribution is 2.44. The summed E-state index contributed by atoms with van der Waals surface area (Å²) in [6, 6.07) is 26.6. The third-order valence-electron chi connectivity index (χ3n) is 8.89. The number of fused-ring (bicyclic) bond motifs is 6. The Morgan fingerprint density at radius 1 is 0.778 bits per heavy atom. The number of methoxy groups -OCH3 is 3. The van der Waals surface area contributed by atoms with Crippen LogP contribution in [-0.2, 0) is 25.8 Å². The minimum absolute atomic E-state index is 0.108. The Hall–Kier alpha value is -5.04. The maximum absolute atomic E-state index is 10.7. The number of nitro benzene ring substituents is 1. The van der Waals surface area contributed by atoms with E-state index in [0.717, 1.165) is 29.7 Å². The van der Waals surface area contributed by atoms with E-state index >= 15 is 0 Å². The molecular formula is C38H38N2O5. The first-order valence-electron chi connectivity index (χ1n) is 15.4. The molecule has 0 spiro atoms. The van der Waals surface area contributed by atoms with Crippen LogP contribution in [0.5, 0.6) is 17.2 Å². The van der Waals surface area contributed by atoms with Crippen molar-refractivity contribution in [1.82, 2.24) is 4.90 Å². The number of hydrogen-bond donors (Lipinski definition) is 0. The van der Waals surface area contributed by atoms with Crippen LogP contribution in [0.2, 0.25) is 0 Å². The van der Waals surface area contributed by atoms with Gasteiger partial charge in [0.2, 0.25) is 5.75 Å². The SMILES string of the molecule is COc1cc2c(c(OC)c1OC)CN(CCc1ccc([N+](=O)[O-])cc1)C=C2.c1ccc2c(c1)ccc1c3c(ccc12)CCCC3. The molecule has 7 rings (SSSR count). The molecule has 0 amide bonds. The third kappa shape index (κ3) is 6.16. The Balaban J connectivity index is 0.000000171. The number of hydrogen-bond acceptors (Lipinski definition) is 6. The standard InChI is InChI=1S/C20H22N2O5.C18H16/c1-25-18-12-15-9-11-21(13-17(15)19(26-2)20(18)27-3)10-8-14-4-6-16(7-5-14)22(23)24;1-3-7-15-13(5-1)9-11-18-16-8-4-2-6-14(16)10-12-17(15)18/h4-7,9,11-12H,8,10,13H2,1-3H3;1,3,5,7,9-12H,2,4,6,8H2. The summed E-state index contributed by atoms with van der Waals surface area (Å²) in [5.74, 6) is 1.90. The van der Waals surface area contributed by atoms with Crippen LogP contribution in [0.1, 0.15) is 40.7 Å². The summed E-state index contributed by atoms with van der Waals surface area (Å²) in [4.78, 5) is 12.5. The second-order valence-electron chi connectivity index (χ2n) is 11.5. The second-order valence-corrected chi connectivity index (χ2v) is 11.5. The number of ether oxygens (including phenoxy) is 3. The molecule has 5 aromatic rings. The molecule has 5 aromatic carbocycles. The molecule has 1 heterocycles. The molecule has 7 nitrogen and oxygen atoms in total. The summed E-state index contributed by atoms with van der Waals surface area (Å²) in [5, 5.41) is 16.4. The van der Waals surface area contributed by atoms with Crippen molar-refractivity contribution in [3.8, 4) is 17.2 Å². The van der Waals surface area contributed by atoms with Crippen LogP contribution >= 0.6 is 0 Å². The zero-order valence-electron chi connectivity index (χ0n) is 26.0. The van der Waals surface area contributed by atoms with Gasteiger partial charge in [-0.3, -0.25) is 10.1 Å². The van der Waals surface area contributed by atoms with Gasteiger partial charge in [-0.25, -0.2) is 0 Å². The van der Waals surface area contributed by atoms with Crippen molar-refractivity contribution in [3.63, 3.8) is 0 Å². The van der Waals surface area contributed by atoms with Crippen LogP contribution in [0.3, 0.4) is 0 Å². The van der Waals surface area contributed by atoms with E-state index in [-0.39, 0.29) is 10.6 Å². The lowest BCUT2D eigenvalue weighted by atomic mass is 9.86. The minimum atomic E-state index is -0.387. The molecule has 1 aliphatic heterocycles. The topological polar surface area (TPSA) is 74.1 Å². The molecule has 0 N–H and O–H groups in total. The summed E-state index contributed by atoms with van der Waals surface area (Å²) in [5.41, 5.74) is 6.42. The van der Waals surface area contributed by atoms with Crippen molar-refractivity contribution in [2.45, 2.75) is 38.6 Å². The number of aryl methyl sites for hydroxylation is 2. The summed E-state index contributed by atoms with van der Waals surface area (Å²) >= 11 is 0. The number of nitro groups is 1. The first kappa shape index (κ1) is 30.0. The van der Waals surface area contributed by atoms with Crippen molar-refractivity contribution >= 4 is 33.3 Å². The molecule has 0 unspecified atom stereocenters. The summed E-state index contributed by atoms with van der Waals surface area (Å²) in [7, 11) is 4.82. The predicted octanol–water partition coefficient (Wildman–Crippen LogP) is 8.52. The highest BCUT2D eigenvalue weighted by molar-refractivity contribution is 6.08. The third-order valence-corrected chi connectivity index (χ3v) is 8.89. The van der Waals surface area contributed by atoms with Crippen molar-refractivity contribution in [1.29, 1.82) is 0 Å². The Morgan fingerprint density at radius 2 is 1.53 bits per heavy atom. The highest BCUT2D eigenvalue weighted by atomic mass is 16.6. The zero-order valence-corrected chi connectivity index (χ0v) is 26.0. The van der Waals surface area contributed by atoms with Crippen molar-refractivity contribution in [2.75, 3.05) is 27.9 Å². The highest BCUT2D eigenvalue weighted by Gasteiger charge is 2.23. The fourth-order valence-corrected chi connectivity index (χ4v) is 6.54. The molecule has 0 bridgehead atoms. The van der Waals surface area contributed by atoms with Gasteiger partial charge in [0.1, 0.15) is 0 Å². The largest absolute Gasteiger partial charge is 0.493 e. The Kier molecular flexibility index (Phi) is 8.87. The molecule has 0 radical (unpaired) electrons. The lowest BCUT2D eigenvalue weighted by Gasteiger charge is -2.28. The van der Waals surface area contributed by atoms with E-state index in [2.05, 4.69) is 53.4 Å². The number of nitrogens with zero attached hydrogens (tertiary/aromatic N) is 2. The van der Waals surface area contributed by atoms with E-state index in [1.807, 2.05) is 18.3 Å². The Bertz CT molecular complexity index is 1880. The van der Waals surface area contributed by atoms with Gasteiger partial charge in [-0.15, -0.1) is 0 Å². The first-order chi connectivity index (χ1) is 22.0. The predicted molar refractivity (Wildman–Crippen MR) is 180 cm³/mol. The molecular weight excluding hydrogens is 564 g/mol. The van der Waals surface area contributed by atoms with E-state index in [0.29, 0.717) is 23.8 Å². The minimum Gasteiger partial charge on any atom is -0.493 e. The number of rotatable bonds is 7. The van der Waals surface area contributed by atoms with Gasteiger partial charge in [0.25, 0.3) is 5.69 Å². The molecule has 0 saturated carbocycles. The molecule has 0 atom stereocenters. The van der Waals surface area contributed by atoms with Crippen LogP contribution in [0, 0.1) is 10.1 Å². The van der Waals surface area contributed by atoms with Gasteiger partial charge in [-0.1, -0.05) is 60.7 Å². The van der Waals surface area contributed by atoms with Crippen LogP contribution < -0.4 is 14.2 Å². The van der Waals surface area contributed by atoms with Gasteiger partial charge in [0.15, 0.2) is 11.5 Å². The van der Waals surface area contributed by atoms with Crippen molar-refractivity contribution < 1.29 is 19.1 Å². The van der Waals surface area contributed by atoms with E-state index in [4.69, 9.17) is 14.2 Å². The van der Waals surface area contributed by atoms with E-state index < -0.39 is 0 Å². The van der Waals surface area contributed by atoms with Gasteiger partial charge in [0, 0.05) is 30.8 Å². The van der Waals surface area contributed by atoms with Crippen LogP contribution in [0.15, 0.2) is 85.1 Å². The number of non-ortho nitro benzene ring substituents is 1. The molecule has 230 valence electrons. The molecule has 2 aliphatic rings. The van der Waals surface area contributed by atoms with E-state index in [1.165, 1.54) is 59.4 Å². The molecule has 1 aliphatic carbocycles. The molecule has 0 fully saturated rings. The monoisotopic (exact) mass is 602 g/mol. The summed E-state index contributed by atoms with van der Waals surface area (Å²) < 4.78 is 16.5. The quantitative estimate of drug-likeness (QED) is 0.106. The van der Waals surface area contributed by atoms with E-state index in [1.54, 1.807) is 44.6 Å².